The van der Waals surface area contributed by atoms with Gasteiger partial charge in [-0.15, -0.1) is 0 Å². The second-order valence-corrected chi connectivity index (χ2v) is 5.76. The highest BCUT2D eigenvalue weighted by atomic mass is 32.2. The van der Waals surface area contributed by atoms with Crippen LogP contribution in [0.5, 0.6) is 0 Å². The predicted octanol–water partition coefficient (Wildman–Crippen LogP) is 2.71. The average Bonchev–Trinajstić information content (AvgIpc) is 2.53. The summed E-state index contributed by atoms with van der Waals surface area (Å²) in [4.78, 5) is 20.0. The number of carbonyl (C=O) groups excluding carboxylic acids is 1. The lowest BCUT2D eigenvalue weighted by Gasteiger charge is -2.13. The Balaban J connectivity index is 1.67. The van der Waals surface area contributed by atoms with Gasteiger partial charge in [-0.05, 0) is 31.4 Å². The molecule has 0 bridgehead atoms. The topological polar surface area (TPSA) is 54.9 Å². The summed E-state index contributed by atoms with van der Waals surface area (Å²) in [6.07, 6.45) is 5.25. The van der Waals surface area contributed by atoms with Crippen molar-refractivity contribution in [1.29, 1.82) is 0 Å². The molecule has 1 amide bonds. The highest BCUT2D eigenvalue weighted by Gasteiger charge is 2.08. The second-order valence-electron chi connectivity index (χ2n) is 4.81. The Kier molecular flexibility index (Phi) is 6.22. The van der Waals surface area contributed by atoms with Crippen molar-refractivity contribution in [1.82, 2.24) is 15.3 Å². The van der Waals surface area contributed by atoms with Gasteiger partial charge in [0, 0.05) is 18.4 Å². The minimum atomic E-state index is 0.0213. The Morgan fingerprint density at radius 1 is 1.19 bits per heavy atom. The number of amides is 1. The van der Waals surface area contributed by atoms with E-state index in [0.29, 0.717) is 10.9 Å². The van der Waals surface area contributed by atoms with Crippen molar-refractivity contribution in [3.63, 3.8) is 0 Å². The summed E-state index contributed by atoms with van der Waals surface area (Å²) in [6, 6.07) is 12.2. The van der Waals surface area contributed by atoms with Crippen molar-refractivity contribution in [2.45, 2.75) is 31.0 Å². The van der Waals surface area contributed by atoms with Crippen LogP contribution < -0.4 is 5.32 Å². The van der Waals surface area contributed by atoms with E-state index < -0.39 is 0 Å². The summed E-state index contributed by atoms with van der Waals surface area (Å²) in [5.41, 5.74) is 1.30. The van der Waals surface area contributed by atoms with Crippen LogP contribution in [0.4, 0.5) is 0 Å². The van der Waals surface area contributed by atoms with Crippen LogP contribution >= 0.6 is 11.8 Å². The quantitative estimate of drug-likeness (QED) is 0.631. The van der Waals surface area contributed by atoms with E-state index in [-0.39, 0.29) is 11.9 Å². The van der Waals surface area contributed by atoms with E-state index in [4.69, 9.17) is 0 Å². The number of benzene rings is 1. The lowest BCUT2D eigenvalue weighted by molar-refractivity contribution is -0.119. The summed E-state index contributed by atoms with van der Waals surface area (Å²) in [5, 5.41) is 3.63. The first kappa shape index (κ1) is 15.5. The van der Waals surface area contributed by atoms with Crippen LogP contribution in [0.1, 0.15) is 18.9 Å². The molecular formula is C16H19N3OS. The molecule has 2 aromatic rings. The van der Waals surface area contributed by atoms with E-state index in [1.165, 1.54) is 17.3 Å². The minimum absolute atomic E-state index is 0.0213. The first-order valence-electron chi connectivity index (χ1n) is 6.97. The number of aryl methyl sites for hydroxylation is 1. The van der Waals surface area contributed by atoms with E-state index in [1.807, 2.05) is 25.1 Å². The van der Waals surface area contributed by atoms with Crippen molar-refractivity contribution in [2.24, 2.45) is 0 Å². The van der Waals surface area contributed by atoms with Crippen LogP contribution in [0.15, 0.2) is 53.9 Å². The molecule has 4 nitrogen and oxygen atoms in total. The number of thioether (sulfide) groups is 1. The third-order valence-electron chi connectivity index (χ3n) is 2.99. The zero-order valence-electron chi connectivity index (χ0n) is 12.0. The predicted molar refractivity (Wildman–Crippen MR) is 85.1 cm³/mol. The van der Waals surface area contributed by atoms with E-state index in [9.17, 15) is 4.79 Å². The lowest BCUT2D eigenvalue weighted by atomic mass is 10.1. The normalized spacial score (nSPS) is 11.9. The highest BCUT2D eigenvalue weighted by molar-refractivity contribution is 7.99. The van der Waals surface area contributed by atoms with Crippen molar-refractivity contribution >= 4 is 17.7 Å². The van der Waals surface area contributed by atoms with Gasteiger partial charge in [-0.25, -0.2) is 9.97 Å². The van der Waals surface area contributed by atoms with E-state index in [1.54, 1.807) is 18.5 Å². The van der Waals surface area contributed by atoms with Crippen molar-refractivity contribution in [3.8, 4) is 0 Å². The number of carbonyl (C=O) groups is 1. The molecule has 0 radical (unpaired) electrons. The zero-order valence-corrected chi connectivity index (χ0v) is 12.8. The largest absolute Gasteiger partial charge is 0.353 e. The first-order chi connectivity index (χ1) is 10.2. The van der Waals surface area contributed by atoms with Gasteiger partial charge in [0.15, 0.2) is 5.16 Å². The molecule has 1 atom stereocenters. The summed E-state index contributed by atoms with van der Waals surface area (Å²) >= 11 is 1.35. The number of hydrogen-bond donors (Lipinski definition) is 1. The molecule has 5 heteroatoms. The molecule has 0 spiro atoms. The Morgan fingerprint density at radius 2 is 1.90 bits per heavy atom. The fourth-order valence-corrected chi connectivity index (χ4v) is 2.52. The number of hydrogen-bond acceptors (Lipinski definition) is 4. The van der Waals surface area contributed by atoms with E-state index >= 15 is 0 Å². The molecule has 1 N–H and O–H groups in total. The molecule has 1 heterocycles. The molecule has 110 valence electrons. The van der Waals surface area contributed by atoms with Crippen LogP contribution in [0.2, 0.25) is 0 Å². The standard InChI is InChI=1S/C16H19N3OS/c1-13(8-9-14-6-3-2-4-7-14)19-15(20)12-21-16-17-10-5-11-18-16/h2-7,10-11,13H,8-9,12H2,1H3,(H,19,20)/t13-/m1/s1. The fraction of sp³-hybridized carbons (Fsp3) is 0.312. The van der Waals surface area contributed by atoms with Gasteiger partial charge in [-0.1, -0.05) is 42.1 Å². The van der Waals surface area contributed by atoms with Gasteiger partial charge in [0.05, 0.1) is 5.75 Å². The van der Waals surface area contributed by atoms with Crippen LogP contribution in [-0.4, -0.2) is 27.7 Å². The molecular weight excluding hydrogens is 282 g/mol. The summed E-state index contributed by atoms with van der Waals surface area (Å²) in [7, 11) is 0. The van der Waals surface area contributed by atoms with Crippen LogP contribution in [0.25, 0.3) is 0 Å². The molecule has 1 aromatic carbocycles. The summed E-state index contributed by atoms with van der Waals surface area (Å²) in [5.74, 6) is 0.368. The average molecular weight is 301 g/mol. The third-order valence-corrected chi connectivity index (χ3v) is 3.87. The molecule has 0 fully saturated rings. The van der Waals surface area contributed by atoms with Gasteiger partial charge in [0.2, 0.25) is 5.91 Å². The smallest absolute Gasteiger partial charge is 0.230 e. The number of rotatable bonds is 7. The number of nitrogens with one attached hydrogen (secondary N) is 1. The third kappa shape index (κ3) is 5.95. The maximum absolute atomic E-state index is 11.9. The summed E-state index contributed by atoms with van der Waals surface area (Å²) < 4.78 is 0. The van der Waals surface area contributed by atoms with Gasteiger partial charge >= 0.3 is 0 Å². The maximum Gasteiger partial charge on any atom is 0.230 e. The lowest BCUT2D eigenvalue weighted by Crippen LogP contribution is -2.34. The van der Waals surface area contributed by atoms with Crippen molar-refractivity contribution in [2.75, 3.05) is 5.75 Å². The highest BCUT2D eigenvalue weighted by Crippen LogP contribution is 2.10. The SMILES string of the molecule is C[C@H](CCc1ccccc1)NC(=O)CSc1ncccn1. The van der Waals surface area contributed by atoms with Crippen LogP contribution in [0, 0.1) is 0 Å². The van der Waals surface area contributed by atoms with Gasteiger partial charge < -0.3 is 5.32 Å². The molecule has 2 rings (SSSR count). The van der Waals surface area contributed by atoms with Crippen LogP contribution in [-0.2, 0) is 11.2 Å². The summed E-state index contributed by atoms with van der Waals surface area (Å²) in [6.45, 7) is 2.03. The number of aromatic nitrogens is 2. The van der Waals surface area contributed by atoms with Gasteiger partial charge in [-0.3, -0.25) is 4.79 Å². The maximum atomic E-state index is 11.9. The first-order valence-corrected chi connectivity index (χ1v) is 7.95. The van der Waals surface area contributed by atoms with Gasteiger partial charge in [-0.2, -0.15) is 0 Å². The fourth-order valence-electron chi connectivity index (χ4n) is 1.91. The molecule has 0 aliphatic carbocycles. The van der Waals surface area contributed by atoms with Crippen molar-refractivity contribution < 1.29 is 4.79 Å². The molecule has 0 aliphatic rings. The van der Waals surface area contributed by atoms with Crippen molar-refractivity contribution in [3.05, 3.63) is 54.4 Å². The van der Waals surface area contributed by atoms with Gasteiger partial charge in [0.1, 0.15) is 0 Å². The molecule has 21 heavy (non-hydrogen) atoms. The molecule has 0 aliphatic heterocycles. The van der Waals surface area contributed by atoms with Crippen LogP contribution in [0.3, 0.4) is 0 Å². The molecule has 0 saturated heterocycles. The molecule has 0 saturated carbocycles. The molecule has 1 aromatic heterocycles. The Morgan fingerprint density at radius 3 is 2.62 bits per heavy atom. The Labute approximate surface area is 129 Å². The number of nitrogens with zero attached hydrogens (tertiary/aromatic N) is 2. The zero-order chi connectivity index (χ0) is 14.9. The van der Waals surface area contributed by atoms with E-state index in [2.05, 4.69) is 27.4 Å². The monoisotopic (exact) mass is 301 g/mol. The minimum Gasteiger partial charge on any atom is -0.353 e. The molecule has 0 unspecified atom stereocenters. The Bertz CT molecular complexity index is 548. The van der Waals surface area contributed by atoms with E-state index in [0.717, 1.165) is 12.8 Å². The Hall–Kier alpha value is -1.88. The second kappa shape index (κ2) is 8.42. The van der Waals surface area contributed by atoms with Gasteiger partial charge in [0.25, 0.3) is 0 Å².